The molecule has 112 valence electrons. The number of nitrogens with zero attached hydrogens (tertiary/aromatic N) is 1. The van der Waals surface area contributed by atoms with Crippen LogP contribution in [-0.2, 0) is 17.9 Å². The summed E-state index contributed by atoms with van der Waals surface area (Å²) in [7, 11) is 0. The van der Waals surface area contributed by atoms with Crippen molar-refractivity contribution in [3.05, 3.63) is 75.4 Å². The van der Waals surface area contributed by atoms with Crippen LogP contribution in [0.25, 0.3) is 6.08 Å². The van der Waals surface area contributed by atoms with Crippen LogP contribution in [0.1, 0.15) is 16.7 Å². The Bertz CT molecular complexity index is 743. The zero-order valence-corrected chi connectivity index (χ0v) is 13.1. The molecule has 0 saturated carbocycles. The van der Waals surface area contributed by atoms with Crippen LogP contribution < -0.4 is 0 Å². The summed E-state index contributed by atoms with van der Waals surface area (Å²) in [5.41, 5.74) is 2.89. The van der Waals surface area contributed by atoms with Crippen molar-refractivity contribution in [1.82, 2.24) is 4.90 Å². The van der Waals surface area contributed by atoms with E-state index >= 15 is 0 Å². The summed E-state index contributed by atoms with van der Waals surface area (Å²) >= 11 is 12.0. The van der Waals surface area contributed by atoms with Crippen LogP contribution in [0.3, 0.4) is 0 Å². The van der Waals surface area contributed by atoms with Crippen molar-refractivity contribution in [1.29, 1.82) is 0 Å². The van der Waals surface area contributed by atoms with Crippen molar-refractivity contribution < 1.29 is 9.53 Å². The number of carbonyl (C=O) groups is 1. The van der Waals surface area contributed by atoms with Crippen molar-refractivity contribution in [2.45, 2.75) is 13.2 Å². The minimum Gasteiger partial charge on any atom is -0.444 e. The predicted octanol–water partition coefficient (Wildman–Crippen LogP) is 5.12. The quantitative estimate of drug-likeness (QED) is 0.763. The highest BCUT2D eigenvalue weighted by molar-refractivity contribution is 6.42. The maximum absolute atomic E-state index is 12.2. The van der Waals surface area contributed by atoms with Gasteiger partial charge in [0.1, 0.15) is 6.61 Å². The lowest BCUT2D eigenvalue weighted by Gasteiger charge is -2.23. The molecule has 22 heavy (non-hydrogen) atoms. The first-order chi connectivity index (χ1) is 10.6. The smallest absolute Gasteiger partial charge is 0.414 e. The van der Waals surface area contributed by atoms with Gasteiger partial charge in [-0.1, -0.05) is 59.6 Å². The van der Waals surface area contributed by atoms with E-state index in [1.165, 1.54) is 4.90 Å². The molecule has 1 heterocycles. The molecule has 0 unspecified atom stereocenters. The summed E-state index contributed by atoms with van der Waals surface area (Å²) in [4.78, 5) is 13.7. The molecule has 3 nitrogen and oxygen atoms in total. The normalized spacial score (nSPS) is 12.9. The molecule has 0 spiro atoms. The molecule has 1 aliphatic rings. The molecule has 0 bridgehead atoms. The molecule has 0 aliphatic carbocycles. The van der Waals surface area contributed by atoms with Gasteiger partial charge in [-0.3, -0.25) is 4.90 Å². The second-order valence-corrected chi connectivity index (χ2v) is 5.70. The zero-order chi connectivity index (χ0) is 15.5. The van der Waals surface area contributed by atoms with Gasteiger partial charge in [0.05, 0.1) is 16.6 Å². The standard InChI is InChI=1S/C17H13Cl2NO2/c18-15-7-3-6-14(16(15)19)11-22-17(21)20-9-8-12-4-1-2-5-13(12)10-20/h1-9H,10-11H2. The number of halogens is 2. The summed E-state index contributed by atoms with van der Waals surface area (Å²) in [6.07, 6.45) is 3.21. The fourth-order valence-electron chi connectivity index (χ4n) is 2.26. The Kier molecular flexibility index (Phi) is 4.36. The van der Waals surface area contributed by atoms with E-state index in [4.69, 9.17) is 27.9 Å². The number of hydrogen-bond donors (Lipinski definition) is 0. The Morgan fingerprint density at radius 3 is 2.82 bits per heavy atom. The molecule has 1 aliphatic heterocycles. The van der Waals surface area contributed by atoms with Crippen molar-refractivity contribution in [2.75, 3.05) is 0 Å². The van der Waals surface area contributed by atoms with E-state index < -0.39 is 6.09 Å². The Morgan fingerprint density at radius 1 is 1.14 bits per heavy atom. The summed E-state index contributed by atoms with van der Waals surface area (Å²) in [5.74, 6) is 0. The highest BCUT2D eigenvalue weighted by Gasteiger charge is 2.18. The third-order valence-electron chi connectivity index (χ3n) is 3.45. The van der Waals surface area contributed by atoms with Crippen LogP contribution in [0.15, 0.2) is 48.7 Å². The number of ether oxygens (including phenoxy) is 1. The molecule has 1 amide bonds. The SMILES string of the molecule is O=C(OCc1cccc(Cl)c1Cl)N1C=Cc2ccccc2C1. The summed E-state index contributed by atoms with van der Waals surface area (Å²) in [5, 5.41) is 0.860. The topological polar surface area (TPSA) is 29.5 Å². The Hall–Kier alpha value is -1.97. The zero-order valence-electron chi connectivity index (χ0n) is 11.6. The van der Waals surface area contributed by atoms with Crippen LogP contribution in [0.4, 0.5) is 4.79 Å². The van der Waals surface area contributed by atoms with Crippen molar-refractivity contribution in [3.63, 3.8) is 0 Å². The summed E-state index contributed by atoms with van der Waals surface area (Å²) < 4.78 is 5.31. The van der Waals surface area contributed by atoms with Gasteiger partial charge in [-0.15, -0.1) is 0 Å². The highest BCUT2D eigenvalue weighted by atomic mass is 35.5. The van der Waals surface area contributed by atoms with E-state index in [-0.39, 0.29) is 6.61 Å². The number of hydrogen-bond acceptors (Lipinski definition) is 2. The average Bonchev–Trinajstić information content (AvgIpc) is 2.55. The molecule has 0 atom stereocenters. The molecule has 0 N–H and O–H groups in total. The van der Waals surface area contributed by atoms with E-state index in [9.17, 15) is 4.79 Å². The maximum atomic E-state index is 12.2. The van der Waals surface area contributed by atoms with E-state index in [2.05, 4.69) is 0 Å². The molecule has 3 rings (SSSR count). The number of rotatable bonds is 2. The van der Waals surface area contributed by atoms with Gasteiger partial charge in [0.25, 0.3) is 0 Å². The van der Waals surface area contributed by atoms with Crippen LogP contribution >= 0.6 is 23.2 Å². The Morgan fingerprint density at radius 2 is 1.95 bits per heavy atom. The summed E-state index contributed by atoms with van der Waals surface area (Å²) in [6, 6.07) is 13.2. The van der Waals surface area contributed by atoms with Gasteiger partial charge in [-0.05, 0) is 23.3 Å². The molecule has 0 aromatic heterocycles. The minimum absolute atomic E-state index is 0.0875. The third-order valence-corrected chi connectivity index (χ3v) is 4.31. The molecule has 2 aromatic carbocycles. The van der Waals surface area contributed by atoms with Crippen LogP contribution in [0.2, 0.25) is 10.0 Å². The van der Waals surface area contributed by atoms with Gasteiger partial charge in [-0.25, -0.2) is 4.79 Å². The average molecular weight is 334 g/mol. The molecule has 0 fully saturated rings. The lowest BCUT2D eigenvalue weighted by atomic mass is 10.1. The highest BCUT2D eigenvalue weighted by Crippen LogP contribution is 2.26. The first-order valence-corrected chi connectivity index (χ1v) is 7.53. The van der Waals surface area contributed by atoms with Gasteiger partial charge >= 0.3 is 6.09 Å². The fraction of sp³-hybridized carbons (Fsp3) is 0.118. The molecule has 5 heteroatoms. The Balaban J connectivity index is 1.65. The predicted molar refractivity (Wildman–Crippen MR) is 87.7 cm³/mol. The third kappa shape index (κ3) is 3.11. The van der Waals surface area contributed by atoms with Crippen LogP contribution in [0, 0.1) is 0 Å². The molecular formula is C17H13Cl2NO2. The van der Waals surface area contributed by atoms with E-state index in [0.717, 1.165) is 11.1 Å². The maximum Gasteiger partial charge on any atom is 0.414 e. The second-order valence-electron chi connectivity index (χ2n) is 4.91. The number of fused-ring (bicyclic) bond motifs is 1. The minimum atomic E-state index is -0.415. The van der Waals surface area contributed by atoms with Crippen molar-refractivity contribution in [2.24, 2.45) is 0 Å². The largest absolute Gasteiger partial charge is 0.444 e. The molecule has 0 radical (unpaired) electrons. The molecule has 2 aromatic rings. The number of benzene rings is 2. The van der Waals surface area contributed by atoms with Crippen LogP contribution in [0.5, 0.6) is 0 Å². The lowest BCUT2D eigenvalue weighted by Crippen LogP contribution is -2.28. The Labute approximate surface area is 138 Å². The van der Waals surface area contributed by atoms with Gasteiger partial charge < -0.3 is 4.74 Å². The number of amides is 1. The van der Waals surface area contributed by atoms with Gasteiger partial charge in [-0.2, -0.15) is 0 Å². The van der Waals surface area contributed by atoms with E-state index in [1.54, 1.807) is 24.4 Å². The second kappa shape index (κ2) is 6.42. The van der Waals surface area contributed by atoms with Crippen molar-refractivity contribution >= 4 is 35.4 Å². The molecular weight excluding hydrogens is 321 g/mol. The number of carbonyl (C=O) groups excluding carboxylic acids is 1. The first-order valence-electron chi connectivity index (χ1n) is 6.77. The van der Waals surface area contributed by atoms with Crippen molar-refractivity contribution in [3.8, 4) is 0 Å². The van der Waals surface area contributed by atoms with Gasteiger partial charge in [0.15, 0.2) is 0 Å². The summed E-state index contributed by atoms with van der Waals surface area (Å²) in [6.45, 7) is 0.582. The van der Waals surface area contributed by atoms with Gasteiger partial charge in [0, 0.05) is 11.8 Å². The van der Waals surface area contributed by atoms with E-state index in [1.807, 2.05) is 30.3 Å². The lowest BCUT2D eigenvalue weighted by molar-refractivity contribution is 0.109. The molecule has 0 saturated heterocycles. The van der Waals surface area contributed by atoms with Crippen LogP contribution in [-0.4, -0.2) is 11.0 Å². The first kappa shape index (κ1) is 14.9. The van der Waals surface area contributed by atoms with E-state index in [0.29, 0.717) is 22.2 Å². The fourth-order valence-corrected chi connectivity index (χ4v) is 2.63. The monoisotopic (exact) mass is 333 g/mol. The van der Waals surface area contributed by atoms with Gasteiger partial charge in [0.2, 0.25) is 0 Å².